The van der Waals surface area contributed by atoms with Crippen LogP contribution in [0.3, 0.4) is 0 Å². The molecule has 0 unspecified atom stereocenters. The summed E-state index contributed by atoms with van der Waals surface area (Å²) in [6.07, 6.45) is 0.746. The van der Waals surface area contributed by atoms with E-state index in [1.54, 1.807) is 7.11 Å². The maximum Gasteiger partial charge on any atom is 0.0740 e. The highest BCUT2D eigenvalue weighted by Gasteiger charge is 2.06. The average Bonchev–Trinajstić information content (AvgIpc) is 2.35. The van der Waals surface area contributed by atoms with Gasteiger partial charge in [0.1, 0.15) is 0 Å². The van der Waals surface area contributed by atoms with Crippen LogP contribution in [0.2, 0.25) is 0 Å². The first-order chi connectivity index (χ1) is 8.61. The van der Waals surface area contributed by atoms with Crippen LogP contribution in [0.4, 0.5) is 0 Å². The molecule has 2 N–H and O–H groups in total. The Morgan fingerprint density at radius 3 is 2.56 bits per heavy atom. The lowest BCUT2D eigenvalue weighted by atomic mass is 10.2. The molecule has 0 bridgehead atoms. The Balaban J connectivity index is 2.53. The normalized spacial score (nSPS) is 10.8. The fourth-order valence-electron chi connectivity index (χ4n) is 1.61. The molecule has 0 saturated carbocycles. The zero-order valence-corrected chi connectivity index (χ0v) is 13.0. The second-order valence-electron chi connectivity index (χ2n) is 4.11. The predicted octanol–water partition coefficient (Wildman–Crippen LogP) is 2.57. The van der Waals surface area contributed by atoms with Crippen LogP contribution in [0, 0.1) is 0 Å². The number of thiocarbonyl (C=S) groups is 1. The van der Waals surface area contributed by atoms with Crippen molar-refractivity contribution in [2.24, 2.45) is 5.73 Å². The van der Waals surface area contributed by atoms with Gasteiger partial charge in [-0.25, -0.2) is 0 Å². The largest absolute Gasteiger partial charge is 0.393 e. The molecule has 3 nitrogen and oxygen atoms in total. The molecule has 0 heterocycles. The van der Waals surface area contributed by atoms with Crippen LogP contribution < -0.4 is 5.73 Å². The smallest absolute Gasteiger partial charge is 0.0740 e. The first kappa shape index (κ1) is 15.6. The minimum atomic E-state index is 0.563. The summed E-state index contributed by atoms with van der Waals surface area (Å²) in [5.41, 5.74) is 6.83. The van der Waals surface area contributed by atoms with E-state index in [1.807, 2.05) is 0 Å². The Hall–Kier alpha value is -0.490. The Kier molecular flexibility index (Phi) is 7.42. The fourth-order valence-corrected chi connectivity index (χ4v) is 1.96. The minimum Gasteiger partial charge on any atom is -0.393 e. The zero-order chi connectivity index (χ0) is 13.4. The number of rotatable bonds is 8. The van der Waals surface area contributed by atoms with Gasteiger partial charge in [0.05, 0.1) is 11.6 Å². The van der Waals surface area contributed by atoms with Gasteiger partial charge in [-0.2, -0.15) is 0 Å². The Morgan fingerprint density at radius 1 is 1.33 bits per heavy atom. The number of hydrogen-bond donors (Lipinski definition) is 1. The van der Waals surface area contributed by atoms with Crippen molar-refractivity contribution in [2.75, 3.05) is 26.8 Å². The molecule has 0 spiro atoms. The molecule has 0 saturated heterocycles. The summed E-state index contributed by atoms with van der Waals surface area (Å²) in [7, 11) is 1.71. The van der Waals surface area contributed by atoms with E-state index in [9.17, 15) is 0 Å². The van der Waals surface area contributed by atoms with Crippen LogP contribution in [0.1, 0.15) is 12.0 Å². The molecule has 0 amide bonds. The van der Waals surface area contributed by atoms with Gasteiger partial charge in [0.25, 0.3) is 0 Å². The Labute approximate surface area is 122 Å². The van der Waals surface area contributed by atoms with E-state index in [0.29, 0.717) is 11.6 Å². The Morgan fingerprint density at radius 2 is 2.00 bits per heavy atom. The molecule has 0 radical (unpaired) electrons. The molecule has 0 fully saturated rings. The minimum absolute atomic E-state index is 0.563. The number of methoxy groups -OCH3 is 1. The van der Waals surface area contributed by atoms with Crippen molar-refractivity contribution in [3.63, 3.8) is 0 Å². The molecule has 1 rings (SSSR count). The second kappa shape index (κ2) is 8.58. The third-order valence-electron chi connectivity index (χ3n) is 2.61. The van der Waals surface area contributed by atoms with Crippen molar-refractivity contribution in [1.82, 2.24) is 4.90 Å². The van der Waals surface area contributed by atoms with Gasteiger partial charge >= 0.3 is 0 Å². The van der Waals surface area contributed by atoms with E-state index in [-0.39, 0.29) is 0 Å². The first-order valence-electron chi connectivity index (χ1n) is 5.86. The zero-order valence-electron chi connectivity index (χ0n) is 10.6. The lowest BCUT2D eigenvalue weighted by Crippen LogP contribution is -2.30. The van der Waals surface area contributed by atoms with E-state index >= 15 is 0 Å². The first-order valence-corrected chi connectivity index (χ1v) is 7.06. The highest BCUT2D eigenvalue weighted by Crippen LogP contribution is 2.12. The van der Waals surface area contributed by atoms with Crippen LogP contribution in [-0.2, 0) is 11.3 Å². The van der Waals surface area contributed by atoms with Crippen molar-refractivity contribution >= 4 is 33.1 Å². The summed E-state index contributed by atoms with van der Waals surface area (Å²) in [6.45, 7) is 3.36. The number of benzene rings is 1. The van der Waals surface area contributed by atoms with E-state index in [0.717, 1.165) is 30.5 Å². The monoisotopic (exact) mass is 330 g/mol. The molecule has 1 aromatic carbocycles. The molecular weight excluding hydrogens is 312 g/mol. The second-order valence-corrected chi connectivity index (χ2v) is 5.55. The molecule has 0 aliphatic carbocycles. The molecule has 5 heteroatoms. The highest BCUT2D eigenvalue weighted by molar-refractivity contribution is 9.10. The summed E-state index contributed by atoms with van der Waals surface area (Å²) in [5, 5.41) is 0. The summed E-state index contributed by atoms with van der Waals surface area (Å²) in [5.74, 6) is 0. The average molecular weight is 331 g/mol. The maximum atomic E-state index is 5.55. The molecule has 0 aliphatic heterocycles. The number of nitrogens with zero attached hydrogens (tertiary/aromatic N) is 1. The van der Waals surface area contributed by atoms with Gasteiger partial charge in [0.15, 0.2) is 0 Å². The summed E-state index contributed by atoms with van der Waals surface area (Å²) in [6, 6.07) is 8.34. The molecule has 0 aliphatic rings. The van der Waals surface area contributed by atoms with Crippen molar-refractivity contribution in [3.8, 4) is 0 Å². The fraction of sp³-hybridized carbons (Fsp3) is 0.462. The molecule has 0 aromatic heterocycles. The quantitative estimate of drug-likeness (QED) is 0.743. The summed E-state index contributed by atoms with van der Waals surface area (Å²) >= 11 is 8.36. The van der Waals surface area contributed by atoms with Crippen molar-refractivity contribution in [2.45, 2.75) is 13.0 Å². The SMILES string of the molecule is COCCN(CCC(N)=S)Cc1ccc(Br)cc1. The lowest BCUT2D eigenvalue weighted by Gasteiger charge is -2.21. The third kappa shape index (κ3) is 6.44. The topological polar surface area (TPSA) is 38.5 Å². The number of hydrogen-bond acceptors (Lipinski definition) is 3. The van der Waals surface area contributed by atoms with Crippen LogP contribution in [-0.4, -0.2) is 36.7 Å². The van der Waals surface area contributed by atoms with E-state index in [2.05, 4.69) is 45.1 Å². The molecular formula is C13H19BrN2OS. The standard InChI is InChI=1S/C13H19BrN2OS/c1-17-9-8-16(7-6-13(15)18)10-11-2-4-12(14)5-3-11/h2-5H,6-10H2,1H3,(H2,15,18). The highest BCUT2D eigenvalue weighted by atomic mass is 79.9. The van der Waals surface area contributed by atoms with E-state index < -0.39 is 0 Å². The van der Waals surface area contributed by atoms with Gasteiger partial charge in [-0.1, -0.05) is 40.3 Å². The third-order valence-corrected chi connectivity index (χ3v) is 3.34. The maximum absolute atomic E-state index is 5.55. The van der Waals surface area contributed by atoms with Crippen molar-refractivity contribution < 1.29 is 4.74 Å². The molecule has 18 heavy (non-hydrogen) atoms. The van der Waals surface area contributed by atoms with Gasteiger partial charge in [0.2, 0.25) is 0 Å². The molecule has 100 valence electrons. The number of nitrogens with two attached hydrogens (primary N) is 1. The van der Waals surface area contributed by atoms with Gasteiger partial charge in [-0.15, -0.1) is 0 Å². The number of halogens is 1. The number of ether oxygens (including phenoxy) is 1. The van der Waals surface area contributed by atoms with Crippen LogP contribution in [0.5, 0.6) is 0 Å². The van der Waals surface area contributed by atoms with Crippen LogP contribution in [0.15, 0.2) is 28.7 Å². The summed E-state index contributed by atoms with van der Waals surface area (Å²) in [4.78, 5) is 2.86. The van der Waals surface area contributed by atoms with Gasteiger partial charge < -0.3 is 10.5 Å². The van der Waals surface area contributed by atoms with Crippen molar-refractivity contribution in [3.05, 3.63) is 34.3 Å². The van der Waals surface area contributed by atoms with Crippen molar-refractivity contribution in [1.29, 1.82) is 0 Å². The van der Waals surface area contributed by atoms with Gasteiger partial charge in [-0.05, 0) is 17.7 Å². The van der Waals surface area contributed by atoms with Crippen LogP contribution in [0.25, 0.3) is 0 Å². The van der Waals surface area contributed by atoms with Gasteiger partial charge in [-0.3, -0.25) is 4.90 Å². The van der Waals surface area contributed by atoms with Crippen LogP contribution >= 0.6 is 28.1 Å². The van der Waals surface area contributed by atoms with E-state index in [4.69, 9.17) is 22.7 Å². The molecule has 0 atom stereocenters. The van der Waals surface area contributed by atoms with Gasteiger partial charge in [0, 0.05) is 37.6 Å². The predicted molar refractivity (Wildman–Crippen MR) is 82.7 cm³/mol. The van der Waals surface area contributed by atoms with E-state index in [1.165, 1.54) is 5.56 Å². The lowest BCUT2D eigenvalue weighted by molar-refractivity contribution is 0.146. The molecule has 1 aromatic rings. The Bertz CT molecular complexity index is 370. The summed E-state index contributed by atoms with van der Waals surface area (Å²) < 4.78 is 6.22.